The Hall–Kier alpha value is -4.20. The lowest BCUT2D eigenvalue weighted by molar-refractivity contribution is -0.131. The van der Waals surface area contributed by atoms with Crippen LogP contribution in [0.2, 0.25) is 0 Å². The zero-order valence-electron chi connectivity index (χ0n) is 24.3. The van der Waals surface area contributed by atoms with Crippen molar-refractivity contribution in [3.05, 3.63) is 77.0 Å². The number of fused-ring (bicyclic) bond motifs is 1. The number of hydrogen-bond donors (Lipinski definition) is 2. The highest BCUT2D eigenvalue weighted by molar-refractivity contribution is 9.10. The van der Waals surface area contributed by atoms with Gasteiger partial charge in [0.1, 0.15) is 28.1 Å². The number of rotatable bonds is 10. The van der Waals surface area contributed by atoms with Gasteiger partial charge < -0.3 is 24.8 Å². The fourth-order valence-corrected chi connectivity index (χ4v) is 5.61. The zero-order chi connectivity index (χ0) is 31.6. The molecule has 2 fully saturated rings. The van der Waals surface area contributed by atoms with Crippen molar-refractivity contribution in [2.75, 3.05) is 43.5 Å². The lowest BCUT2D eigenvalue weighted by Crippen LogP contribution is -2.45. The summed E-state index contributed by atoms with van der Waals surface area (Å²) in [6.07, 6.45) is 3.79. The van der Waals surface area contributed by atoms with E-state index in [0.717, 1.165) is 19.2 Å². The van der Waals surface area contributed by atoms with Crippen molar-refractivity contribution in [1.29, 1.82) is 0 Å². The fourth-order valence-electron chi connectivity index (χ4n) is 5.08. The molecule has 6 rings (SSSR count). The van der Waals surface area contributed by atoms with Crippen molar-refractivity contribution >= 4 is 50.0 Å². The predicted molar refractivity (Wildman–Crippen MR) is 166 cm³/mol. The molecule has 45 heavy (non-hydrogen) atoms. The first-order chi connectivity index (χ1) is 21.7. The van der Waals surface area contributed by atoms with Crippen LogP contribution in [-0.2, 0) is 14.3 Å². The second-order valence-electron chi connectivity index (χ2n) is 11.0. The highest BCUT2D eigenvalue weighted by Crippen LogP contribution is 2.47. The van der Waals surface area contributed by atoms with Crippen molar-refractivity contribution in [3.8, 4) is 17.4 Å². The maximum atomic E-state index is 15.2. The van der Waals surface area contributed by atoms with E-state index in [1.165, 1.54) is 36.4 Å². The smallest absolute Gasteiger partial charge is 0.240 e. The van der Waals surface area contributed by atoms with Crippen molar-refractivity contribution in [2.45, 2.75) is 25.8 Å². The standard InChI is InChI=1S/C32H30BrF2N5O5/c1-19-18-43-14-12-40(19)13-15-44-29-27(33)28-23(17-37-29)25(8-11-36-28)45-26-7-6-22(16-24(26)35)39-31(42)32(9-10-32)30(41)38-21-4-2-20(34)3-5-21/h2-8,11,16-17,19H,9-10,12-15,18H2,1H3,(H,38,41)(H,39,42)/t19-/m1/s1. The molecule has 1 saturated carbocycles. The molecule has 10 nitrogen and oxygen atoms in total. The van der Waals surface area contributed by atoms with E-state index in [4.69, 9.17) is 14.2 Å². The van der Waals surface area contributed by atoms with Crippen LogP contribution in [0.5, 0.6) is 17.4 Å². The van der Waals surface area contributed by atoms with Gasteiger partial charge in [0.15, 0.2) is 11.6 Å². The van der Waals surface area contributed by atoms with E-state index in [0.29, 0.717) is 71.4 Å². The minimum Gasteiger partial charge on any atom is -0.475 e. The van der Waals surface area contributed by atoms with Crippen molar-refractivity contribution in [1.82, 2.24) is 14.9 Å². The van der Waals surface area contributed by atoms with Gasteiger partial charge in [-0.3, -0.25) is 19.5 Å². The number of nitrogens with zero attached hydrogens (tertiary/aromatic N) is 3. The van der Waals surface area contributed by atoms with Gasteiger partial charge in [-0.2, -0.15) is 0 Å². The van der Waals surface area contributed by atoms with Gasteiger partial charge in [-0.15, -0.1) is 0 Å². The summed E-state index contributed by atoms with van der Waals surface area (Å²) in [5.74, 6) is -1.58. The number of carbonyl (C=O) groups is 2. The number of hydrogen-bond acceptors (Lipinski definition) is 8. The summed E-state index contributed by atoms with van der Waals surface area (Å²) in [6, 6.07) is 11.2. The van der Waals surface area contributed by atoms with Crippen molar-refractivity contribution < 1.29 is 32.6 Å². The maximum absolute atomic E-state index is 15.2. The van der Waals surface area contributed by atoms with Crippen LogP contribution in [0, 0.1) is 17.0 Å². The molecule has 1 atom stereocenters. The third-order valence-corrected chi connectivity index (χ3v) is 8.63. The Morgan fingerprint density at radius 2 is 1.78 bits per heavy atom. The number of aromatic nitrogens is 2. The average Bonchev–Trinajstić information content (AvgIpc) is 3.85. The lowest BCUT2D eigenvalue weighted by atomic mass is 10.0. The molecule has 2 amide bonds. The summed E-state index contributed by atoms with van der Waals surface area (Å²) in [5, 5.41) is 5.82. The van der Waals surface area contributed by atoms with Gasteiger partial charge in [-0.05, 0) is 78.2 Å². The quantitative estimate of drug-likeness (QED) is 0.198. The summed E-state index contributed by atoms with van der Waals surface area (Å²) < 4.78 is 46.2. The van der Waals surface area contributed by atoms with E-state index in [-0.39, 0.29) is 11.4 Å². The van der Waals surface area contributed by atoms with Gasteiger partial charge in [-0.25, -0.2) is 13.8 Å². The van der Waals surface area contributed by atoms with E-state index >= 15 is 4.39 Å². The monoisotopic (exact) mass is 681 g/mol. The van der Waals surface area contributed by atoms with Gasteiger partial charge in [-0.1, -0.05) is 0 Å². The largest absolute Gasteiger partial charge is 0.475 e. The van der Waals surface area contributed by atoms with Gasteiger partial charge in [0.2, 0.25) is 17.7 Å². The number of amides is 2. The predicted octanol–water partition coefficient (Wildman–Crippen LogP) is 5.92. The van der Waals surface area contributed by atoms with E-state index in [1.807, 2.05) is 0 Å². The Morgan fingerprint density at radius 3 is 2.49 bits per heavy atom. The number of morpholine rings is 1. The van der Waals surface area contributed by atoms with Crippen LogP contribution < -0.4 is 20.1 Å². The summed E-state index contributed by atoms with van der Waals surface area (Å²) in [5.41, 5.74) is -0.195. The summed E-state index contributed by atoms with van der Waals surface area (Å²) >= 11 is 3.54. The van der Waals surface area contributed by atoms with Crippen LogP contribution >= 0.6 is 15.9 Å². The number of carbonyl (C=O) groups excluding carboxylic acids is 2. The molecule has 2 N–H and O–H groups in total. The van der Waals surface area contributed by atoms with Crippen LogP contribution in [0.3, 0.4) is 0 Å². The molecule has 2 aliphatic rings. The van der Waals surface area contributed by atoms with E-state index in [1.54, 1.807) is 18.5 Å². The van der Waals surface area contributed by atoms with Crippen LogP contribution in [0.4, 0.5) is 20.2 Å². The Balaban J connectivity index is 1.10. The molecule has 234 valence electrons. The first-order valence-electron chi connectivity index (χ1n) is 14.5. The van der Waals surface area contributed by atoms with Gasteiger partial charge in [0.05, 0.1) is 24.1 Å². The molecule has 2 aromatic carbocycles. The number of nitrogens with one attached hydrogen (secondary N) is 2. The summed E-state index contributed by atoms with van der Waals surface area (Å²) in [6.45, 7) is 5.53. The molecule has 0 spiro atoms. The van der Waals surface area contributed by atoms with E-state index in [2.05, 4.69) is 48.4 Å². The Morgan fingerprint density at radius 1 is 1.04 bits per heavy atom. The van der Waals surface area contributed by atoms with Gasteiger partial charge >= 0.3 is 0 Å². The highest BCUT2D eigenvalue weighted by atomic mass is 79.9. The average molecular weight is 683 g/mol. The van der Waals surface area contributed by atoms with Crippen LogP contribution in [-0.4, -0.2) is 65.6 Å². The topological polar surface area (TPSA) is 115 Å². The molecular formula is C32H30BrF2N5O5. The summed E-state index contributed by atoms with van der Waals surface area (Å²) in [4.78, 5) is 37.0. The van der Waals surface area contributed by atoms with Crippen molar-refractivity contribution in [2.24, 2.45) is 5.41 Å². The fraction of sp³-hybridized carbons (Fsp3) is 0.312. The molecule has 0 bridgehead atoms. The number of halogens is 3. The molecule has 2 aromatic heterocycles. The molecule has 1 aliphatic heterocycles. The lowest BCUT2D eigenvalue weighted by Gasteiger charge is -2.32. The molecular weight excluding hydrogens is 652 g/mol. The Bertz CT molecular complexity index is 1740. The zero-order valence-corrected chi connectivity index (χ0v) is 25.9. The molecule has 1 saturated heterocycles. The van der Waals surface area contributed by atoms with E-state index < -0.39 is 28.9 Å². The normalized spacial score (nSPS) is 17.5. The van der Waals surface area contributed by atoms with Crippen LogP contribution in [0.15, 0.2) is 65.4 Å². The SMILES string of the molecule is C[C@@H]1COCCN1CCOc1ncc2c(Oc3ccc(NC(=O)C4(C(=O)Nc5ccc(F)cc5)CC4)cc3F)ccnc2c1Br. The highest BCUT2D eigenvalue weighted by Gasteiger charge is 2.56. The van der Waals surface area contributed by atoms with Gasteiger partial charge in [0, 0.05) is 49.0 Å². The second kappa shape index (κ2) is 13.0. The number of benzene rings is 2. The van der Waals surface area contributed by atoms with Crippen molar-refractivity contribution in [3.63, 3.8) is 0 Å². The van der Waals surface area contributed by atoms with E-state index in [9.17, 15) is 14.0 Å². The van der Waals surface area contributed by atoms with Crippen LogP contribution in [0.1, 0.15) is 19.8 Å². The molecule has 1 aliphatic carbocycles. The molecule has 0 radical (unpaired) electrons. The third-order valence-electron chi connectivity index (χ3n) is 7.91. The molecule has 3 heterocycles. The van der Waals surface area contributed by atoms with Crippen LogP contribution in [0.25, 0.3) is 10.9 Å². The second-order valence-corrected chi connectivity index (χ2v) is 11.8. The molecule has 4 aromatic rings. The first-order valence-corrected chi connectivity index (χ1v) is 15.3. The number of pyridine rings is 2. The van der Waals surface area contributed by atoms with Gasteiger partial charge in [0.25, 0.3) is 0 Å². The maximum Gasteiger partial charge on any atom is 0.240 e. The molecule has 0 unspecified atom stereocenters. The summed E-state index contributed by atoms with van der Waals surface area (Å²) in [7, 11) is 0. The first kappa shape index (κ1) is 30.8. The number of anilines is 2. The Kier molecular flexibility index (Phi) is 8.92. The number of ether oxygens (including phenoxy) is 3. The minimum absolute atomic E-state index is 0.0771. The minimum atomic E-state index is -1.28. The third kappa shape index (κ3) is 6.75. The molecule has 13 heteroatoms. The Labute approximate surface area is 266 Å².